The number of carbonyl (C=O) groups is 1. The molecule has 0 fully saturated rings. The summed E-state index contributed by atoms with van der Waals surface area (Å²) >= 11 is 0. The van der Waals surface area contributed by atoms with E-state index in [1.807, 2.05) is 0 Å². The number of phenolic OH excluding ortho intramolecular Hbond substituents is 1. The van der Waals surface area contributed by atoms with Crippen LogP contribution in [0.3, 0.4) is 0 Å². The van der Waals surface area contributed by atoms with Crippen molar-refractivity contribution < 1.29 is 18.7 Å². The first-order valence-corrected chi connectivity index (χ1v) is 8.14. The Bertz CT molecular complexity index is 1000. The van der Waals surface area contributed by atoms with Crippen LogP contribution in [0.1, 0.15) is 6.92 Å². The van der Waals surface area contributed by atoms with Crippen molar-refractivity contribution in [1.29, 1.82) is 0 Å². The summed E-state index contributed by atoms with van der Waals surface area (Å²) in [5.41, 5.74) is 0.376. The maximum Gasteiger partial charge on any atom is 0.250 e. The largest absolute Gasteiger partial charge is 0.503 e. The number of aromatic nitrogens is 2. The van der Waals surface area contributed by atoms with Gasteiger partial charge >= 0.3 is 0 Å². The summed E-state index contributed by atoms with van der Waals surface area (Å²) in [6.07, 6.45) is 12.1. The zero-order chi connectivity index (χ0) is 20.4. The maximum atomic E-state index is 13.5. The van der Waals surface area contributed by atoms with E-state index in [9.17, 15) is 18.7 Å². The fraction of sp³-hybridized carbons (Fsp3) is 0.211. The van der Waals surface area contributed by atoms with Gasteiger partial charge in [0.2, 0.25) is 11.9 Å². The number of hydrogen-bond acceptors (Lipinski definition) is 6. The van der Waals surface area contributed by atoms with Crippen molar-refractivity contribution in [1.82, 2.24) is 9.97 Å². The number of nitrogens with one attached hydrogen (secondary N) is 1. The van der Waals surface area contributed by atoms with Gasteiger partial charge in [0.1, 0.15) is 11.7 Å². The number of benzene rings is 1. The van der Waals surface area contributed by atoms with Crippen molar-refractivity contribution in [3.8, 4) is 30.4 Å². The van der Waals surface area contributed by atoms with Crippen molar-refractivity contribution in [2.75, 3.05) is 28.2 Å². The van der Waals surface area contributed by atoms with E-state index in [0.29, 0.717) is 11.5 Å². The zero-order valence-corrected chi connectivity index (χ0v) is 14.8. The number of hydrogen-bond donors (Lipinski definition) is 2. The second kappa shape index (κ2) is 7.41. The van der Waals surface area contributed by atoms with Gasteiger partial charge in [-0.15, -0.1) is 12.8 Å². The molecule has 2 aromatic rings. The molecule has 0 aliphatic carbocycles. The van der Waals surface area contributed by atoms with Crippen LogP contribution in [0.4, 0.5) is 31.9 Å². The Balaban J connectivity index is 2.03. The molecule has 142 valence electrons. The number of carbonyl (C=O) groups excluding carboxylic acids is 1. The Morgan fingerprint density at radius 3 is 2.50 bits per heavy atom. The molecule has 0 bridgehead atoms. The number of halogens is 2. The van der Waals surface area contributed by atoms with Crippen molar-refractivity contribution in [3.05, 3.63) is 30.0 Å². The molecular formula is C19H15F2N5O2. The number of anilines is 4. The van der Waals surface area contributed by atoms with Crippen molar-refractivity contribution in [2.45, 2.75) is 13.0 Å². The van der Waals surface area contributed by atoms with Gasteiger partial charge in [-0.25, -0.2) is 13.8 Å². The number of amides is 1. The van der Waals surface area contributed by atoms with Gasteiger partial charge in [0.15, 0.2) is 23.2 Å². The number of rotatable bonds is 4. The molecule has 9 heteroatoms. The summed E-state index contributed by atoms with van der Waals surface area (Å²) < 4.78 is 27.1. The topological polar surface area (TPSA) is 81.6 Å². The summed E-state index contributed by atoms with van der Waals surface area (Å²) in [6.45, 7) is 1.82. The lowest BCUT2D eigenvalue weighted by Gasteiger charge is -2.38. The van der Waals surface area contributed by atoms with E-state index in [4.69, 9.17) is 12.8 Å². The Kier molecular flexibility index (Phi) is 5.01. The summed E-state index contributed by atoms with van der Waals surface area (Å²) in [5, 5.41) is 11.9. The Morgan fingerprint density at radius 1 is 1.25 bits per heavy atom. The second-order valence-corrected chi connectivity index (χ2v) is 5.95. The first-order valence-electron chi connectivity index (χ1n) is 8.14. The highest BCUT2D eigenvalue weighted by Crippen LogP contribution is 2.35. The Morgan fingerprint density at radius 2 is 1.89 bits per heavy atom. The fourth-order valence-corrected chi connectivity index (χ4v) is 2.82. The van der Waals surface area contributed by atoms with Gasteiger partial charge in [0.25, 0.3) is 0 Å². The zero-order valence-electron chi connectivity index (χ0n) is 14.8. The molecule has 1 amide bonds. The third-order valence-electron chi connectivity index (χ3n) is 4.19. The number of fused-ring (bicyclic) bond motifs is 1. The highest BCUT2D eigenvalue weighted by atomic mass is 19.1. The van der Waals surface area contributed by atoms with Gasteiger partial charge in [-0.05, 0) is 6.92 Å². The van der Waals surface area contributed by atoms with Gasteiger partial charge in [-0.2, -0.15) is 4.98 Å². The minimum absolute atomic E-state index is 0.00309. The third kappa shape index (κ3) is 3.26. The van der Waals surface area contributed by atoms with Crippen LogP contribution in [-0.4, -0.2) is 40.1 Å². The van der Waals surface area contributed by atoms with Crippen LogP contribution in [0.25, 0.3) is 0 Å². The second-order valence-electron chi connectivity index (χ2n) is 5.95. The first-order chi connectivity index (χ1) is 13.4. The quantitative estimate of drug-likeness (QED) is 0.621. The SMILES string of the molecule is C#CCN1C(=O)[C@H](C)N(CC#C)c2nc(Nc3cc(F)c(O)c(F)c3)ncc21. The molecule has 7 nitrogen and oxygen atoms in total. The fourth-order valence-electron chi connectivity index (χ4n) is 2.82. The third-order valence-corrected chi connectivity index (χ3v) is 4.19. The Hall–Kier alpha value is -3.85. The number of phenols is 1. The minimum Gasteiger partial charge on any atom is -0.503 e. The molecule has 1 aromatic carbocycles. The summed E-state index contributed by atoms with van der Waals surface area (Å²) in [4.78, 5) is 24.0. The smallest absolute Gasteiger partial charge is 0.250 e. The van der Waals surface area contributed by atoms with Gasteiger partial charge in [0, 0.05) is 17.8 Å². The molecule has 0 spiro atoms. The predicted octanol–water partition coefficient (Wildman–Crippen LogP) is 2.01. The van der Waals surface area contributed by atoms with E-state index in [0.717, 1.165) is 12.1 Å². The van der Waals surface area contributed by atoms with Gasteiger partial charge in [-0.3, -0.25) is 9.69 Å². The monoisotopic (exact) mass is 383 g/mol. The van der Waals surface area contributed by atoms with E-state index in [1.54, 1.807) is 11.8 Å². The van der Waals surface area contributed by atoms with Crippen molar-refractivity contribution in [2.24, 2.45) is 0 Å². The normalized spacial score (nSPS) is 15.6. The summed E-state index contributed by atoms with van der Waals surface area (Å²) in [7, 11) is 0. The number of aromatic hydroxyl groups is 1. The van der Waals surface area contributed by atoms with Gasteiger partial charge in [0.05, 0.1) is 19.3 Å². The lowest BCUT2D eigenvalue weighted by atomic mass is 10.1. The molecule has 1 aromatic heterocycles. The molecule has 3 rings (SSSR count). The summed E-state index contributed by atoms with van der Waals surface area (Å²) in [6, 6.07) is 1.19. The average molecular weight is 383 g/mol. The van der Waals surface area contributed by atoms with Crippen LogP contribution < -0.4 is 15.1 Å². The standard InChI is InChI=1S/C19H15F2N5O2/c1-4-6-25-11(3)18(28)26(7-5-2)15-10-22-19(24-17(15)25)23-12-8-13(20)16(27)14(21)9-12/h1-2,8-11,27H,6-7H2,3H3,(H,22,23,24)/t11-/m0/s1. The predicted molar refractivity (Wildman–Crippen MR) is 100 cm³/mol. The van der Waals surface area contributed by atoms with Gasteiger partial charge < -0.3 is 15.3 Å². The highest BCUT2D eigenvalue weighted by Gasteiger charge is 2.36. The first kappa shape index (κ1) is 18.9. The van der Waals surface area contributed by atoms with Crippen LogP contribution in [0.5, 0.6) is 5.75 Å². The molecule has 28 heavy (non-hydrogen) atoms. The van der Waals surface area contributed by atoms with E-state index in [1.165, 1.54) is 11.1 Å². The molecule has 0 saturated carbocycles. The van der Waals surface area contributed by atoms with Gasteiger partial charge in [-0.1, -0.05) is 11.8 Å². The molecule has 0 saturated heterocycles. The van der Waals surface area contributed by atoms with Crippen LogP contribution in [0.2, 0.25) is 0 Å². The average Bonchev–Trinajstić information content (AvgIpc) is 2.66. The number of terminal acetylenes is 2. The summed E-state index contributed by atoms with van der Waals surface area (Å²) in [5.74, 6) is 1.69. The molecule has 0 unspecified atom stereocenters. The van der Waals surface area contributed by atoms with E-state index >= 15 is 0 Å². The highest BCUT2D eigenvalue weighted by molar-refractivity contribution is 6.04. The van der Waals surface area contributed by atoms with Crippen molar-refractivity contribution >= 4 is 29.0 Å². The van der Waals surface area contributed by atoms with Crippen LogP contribution >= 0.6 is 0 Å². The molecule has 1 atom stereocenters. The van der Waals surface area contributed by atoms with E-state index in [-0.39, 0.29) is 30.6 Å². The lowest BCUT2D eigenvalue weighted by Crippen LogP contribution is -2.52. The minimum atomic E-state index is -1.13. The molecule has 0 radical (unpaired) electrons. The Labute approximate surface area is 160 Å². The molecular weight excluding hydrogens is 368 g/mol. The molecule has 1 aliphatic rings. The molecule has 2 N–H and O–H groups in total. The van der Waals surface area contributed by atoms with E-state index < -0.39 is 23.4 Å². The van der Waals surface area contributed by atoms with Crippen LogP contribution in [0.15, 0.2) is 18.3 Å². The van der Waals surface area contributed by atoms with E-state index in [2.05, 4.69) is 27.1 Å². The van der Waals surface area contributed by atoms with Crippen molar-refractivity contribution in [3.63, 3.8) is 0 Å². The number of nitrogens with zero attached hydrogens (tertiary/aromatic N) is 4. The molecule has 2 heterocycles. The molecule has 1 aliphatic heterocycles. The maximum absolute atomic E-state index is 13.5. The lowest BCUT2D eigenvalue weighted by molar-refractivity contribution is -0.119. The van der Waals surface area contributed by atoms with Crippen LogP contribution in [0, 0.1) is 36.3 Å². The van der Waals surface area contributed by atoms with Crippen LogP contribution in [-0.2, 0) is 4.79 Å².